The summed E-state index contributed by atoms with van der Waals surface area (Å²) < 4.78 is 16.6. The van der Waals surface area contributed by atoms with E-state index in [0.29, 0.717) is 23.8 Å². The maximum absolute atomic E-state index is 12.3. The molecule has 1 aromatic carbocycles. The highest BCUT2D eigenvalue weighted by molar-refractivity contribution is 5.91. The van der Waals surface area contributed by atoms with Gasteiger partial charge < -0.3 is 24.1 Å². The molecule has 1 heterocycles. The third-order valence-corrected chi connectivity index (χ3v) is 3.80. The minimum atomic E-state index is -0.222. The fourth-order valence-electron chi connectivity index (χ4n) is 2.78. The molecule has 0 unspecified atom stereocenters. The zero-order valence-corrected chi connectivity index (χ0v) is 16.2. The van der Waals surface area contributed by atoms with Gasteiger partial charge in [-0.25, -0.2) is 0 Å². The lowest BCUT2D eigenvalue weighted by molar-refractivity contribution is 0.0897. The highest BCUT2D eigenvalue weighted by Gasteiger charge is 2.21. The number of ether oxygens (including phenoxy) is 2. The number of hydrogen-bond acceptors (Lipinski definition) is 5. The summed E-state index contributed by atoms with van der Waals surface area (Å²) in [5, 5.41) is 2.93. The first-order chi connectivity index (χ1) is 12.3. The molecule has 0 aliphatic rings. The van der Waals surface area contributed by atoms with E-state index in [2.05, 4.69) is 24.1 Å². The van der Waals surface area contributed by atoms with Gasteiger partial charge >= 0.3 is 0 Å². The monoisotopic (exact) mass is 360 g/mol. The summed E-state index contributed by atoms with van der Waals surface area (Å²) in [6, 6.07) is 10.8. The highest BCUT2D eigenvalue weighted by atomic mass is 16.5. The zero-order chi connectivity index (χ0) is 19.2. The molecule has 0 spiro atoms. The molecule has 0 radical (unpaired) electrons. The normalized spacial score (nSPS) is 11.5. The van der Waals surface area contributed by atoms with E-state index in [1.807, 2.05) is 38.4 Å². The summed E-state index contributed by atoms with van der Waals surface area (Å²) in [5.41, 5.74) is -0.0262. The van der Waals surface area contributed by atoms with Crippen molar-refractivity contribution in [3.05, 3.63) is 47.9 Å². The molecule has 1 aromatic heterocycles. The van der Waals surface area contributed by atoms with Gasteiger partial charge in [0.2, 0.25) is 0 Å². The van der Waals surface area contributed by atoms with Crippen LogP contribution in [0.25, 0.3) is 0 Å². The summed E-state index contributed by atoms with van der Waals surface area (Å²) >= 11 is 0. The van der Waals surface area contributed by atoms with E-state index in [-0.39, 0.29) is 23.7 Å². The number of methoxy groups -OCH3 is 1. The number of nitrogens with one attached hydrogen (secondary N) is 1. The molecule has 0 atom stereocenters. The summed E-state index contributed by atoms with van der Waals surface area (Å²) in [7, 11) is 5.63. The van der Waals surface area contributed by atoms with Gasteiger partial charge in [-0.05, 0) is 43.8 Å². The van der Waals surface area contributed by atoms with Crippen LogP contribution in [-0.2, 0) is 6.61 Å². The van der Waals surface area contributed by atoms with Crippen molar-refractivity contribution in [2.24, 2.45) is 5.41 Å². The molecular formula is C20H28N2O4. The Morgan fingerprint density at radius 3 is 2.50 bits per heavy atom. The Bertz CT molecular complexity index is 722. The maximum atomic E-state index is 12.3. The maximum Gasteiger partial charge on any atom is 0.287 e. The Kier molecular flexibility index (Phi) is 6.69. The second-order valence-electron chi connectivity index (χ2n) is 7.29. The first-order valence-electron chi connectivity index (χ1n) is 8.58. The minimum Gasteiger partial charge on any atom is -0.493 e. The Labute approximate surface area is 155 Å². The summed E-state index contributed by atoms with van der Waals surface area (Å²) in [4.78, 5) is 14.4. The number of para-hydroxylation sites is 2. The molecule has 2 rings (SSSR count). The van der Waals surface area contributed by atoms with Gasteiger partial charge in [0.15, 0.2) is 17.3 Å². The predicted molar refractivity (Wildman–Crippen MR) is 101 cm³/mol. The molecule has 142 valence electrons. The molecule has 0 aliphatic heterocycles. The molecule has 1 N–H and O–H groups in total. The first kappa shape index (κ1) is 19.8. The Morgan fingerprint density at radius 2 is 1.85 bits per heavy atom. The van der Waals surface area contributed by atoms with Gasteiger partial charge in [0.1, 0.15) is 12.4 Å². The molecule has 26 heavy (non-hydrogen) atoms. The lowest BCUT2D eigenvalue weighted by Crippen LogP contribution is -2.39. The number of furan rings is 1. The number of nitrogens with zero attached hydrogens (tertiary/aromatic N) is 1. The molecule has 0 saturated heterocycles. The van der Waals surface area contributed by atoms with Crippen molar-refractivity contribution in [3.8, 4) is 11.5 Å². The smallest absolute Gasteiger partial charge is 0.287 e. The van der Waals surface area contributed by atoms with E-state index in [1.165, 1.54) is 0 Å². The van der Waals surface area contributed by atoms with Crippen molar-refractivity contribution in [2.75, 3.05) is 34.3 Å². The summed E-state index contributed by atoms with van der Waals surface area (Å²) in [6.45, 7) is 5.89. The number of amides is 1. The van der Waals surface area contributed by atoms with E-state index < -0.39 is 0 Å². The van der Waals surface area contributed by atoms with E-state index in [4.69, 9.17) is 13.9 Å². The fraction of sp³-hybridized carbons (Fsp3) is 0.450. The van der Waals surface area contributed by atoms with Crippen LogP contribution in [0.3, 0.4) is 0 Å². The van der Waals surface area contributed by atoms with Gasteiger partial charge in [-0.3, -0.25) is 4.79 Å². The Balaban J connectivity index is 1.89. The van der Waals surface area contributed by atoms with Crippen LogP contribution in [-0.4, -0.2) is 45.1 Å². The highest BCUT2D eigenvalue weighted by Crippen LogP contribution is 2.26. The van der Waals surface area contributed by atoms with E-state index >= 15 is 0 Å². The number of carbonyl (C=O) groups is 1. The van der Waals surface area contributed by atoms with Gasteiger partial charge in [0.05, 0.1) is 7.11 Å². The quantitative estimate of drug-likeness (QED) is 0.744. The van der Waals surface area contributed by atoms with Crippen LogP contribution in [0.2, 0.25) is 0 Å². The van der Waals surface area contributed by atoms with Crippen molar-refractivity contribution in [1.82, 2.24) is 10.2 Å². The number of rotatable bonds is 9. The van der Waals surface area contributed by atoms with Gasteiger partial charge in [-0.2, -0.15) is 0 Å². The van der Waals surface area contributed by atoms with Crippen molar-refractivity contribution in [2.45, 2.75) is 20.5 Å². The van der Waals surface area contributed by atoms with Crippen LogP contribution in [0.15, 0.2) is 40.8 Å². The number of hydrogen-bond donors (Lipinski definition) is 1. The molecular weight excluding hydrogens is 332 g/mol. The zero-order valence-electron chi connectivity index (χ0n) is 16.2. The van der Waals surface area contributed by atoms with E-state index in [9.17, 15) is 4.79 Å². The SMILES string of the molecule is COc1ccccc1OCc1ccc(C(=O)NCC(C)(C)CN(C)C)o1. The summed E-state index contributed by atoms with van der Waals surface area (Å²) in [5.74, 6) is 1.92. The average Bonchev–Trinajstić information content (AvgIpc) is 3.06. The van der Waals surface area contributed by atoms with Crippen LogP contribution < -0.4 is 14.8 Å². The molecule has 6 nitrogen and oxygen atoms in total. The topological polar surface area (TPSA) is 63.9 Å². The first-order valence-corrected chi connectivity index (χ1v) is 8.58. The fourth-order valence-corrected chi connectivity index (χ4v) is 2.78. The molecule has 0 fully saturated rings. The van der Waals surface area contributed by atoms with Crippen LogP contribution in [0.1, 0.15) is 30.2 Å². The largest absolute Gasteiger partial charge is 0.493 e. The van der Waals surface area contributed by atoms with Crippen molar-refractivity contribution < 1.29 is 18.7 Å². The van der Waals surface area contributed by atoms with Crippen molar-refractivity contribution >= 4 is 5.91 Å². The lowest BCUT2D eigenvalue weighted by Gasteiger charge is -2.28. The second kappa shape index (κ2) is 8.76. The minimum absolute atomic E-state index is 0.0262. The van der Waals surface area contributed by atoms with Crippen molar-refractivity contribution in [1.29, 1.82) is 0 Å². The molecule has 0 saturated carbocycles. The van der Waals surface area contributed by atoms with Crippen LogP contribution >= 0.6 is 0 Å². The Hall–Kier alpha value is -2.47. The Morgan fingerprint density at radius 1 is 1.15 bits per heavy atom. The van der Waals surface area contributed by atoms with E-state index in [1.54, 1.807) is 19.2 Å². The molecule has 0 aliphatic carbocycles. The molecule has 2 aromatic rings. The molecule has 1 amide bonds. The second-order valence-corrected chi connectivity index (χ2v) is 7.29. The van der Waals surface area contributed by atoms with Crippen LogP contribution in [0, 0.1) is 5.41 Å². The third kappa shape index (κ3) is 5.81. The van der Waals surface area contributed by atoms with Gasteiger partial charge in [-0.15, -0.1) is 0 Å². The van der Waals surface area contributed by atoms with Crippen LogP contribution in [0.4, 0.5) is 0 Å². The standard InChI is InChI=1S/C20H28N2O4/c1-20(2,14-22(3)4)13-21-19(23)18-11-10-15(26-18)12-25-17-9-7-6-8-16(17)24-5/h6-11H,12-14H2,1-5H3,(H,21,23). The van der Waals surface area contributed by atoms with Gasteiger partial charge in [-0.1, -0.05) is 26.0 Å². The van der Waals surface area contributed by atoms with Crippen LogP contribution in [0.5, 0.6) is 11.5 Å². The van der Waals surface area contributed by atoms with E-state index in [0.717, 1.165) is 6.54 Å². The van der Waals surface area contributed by atoms with Gasteiger partial charge in [0, 0.05) is 13.1 Å². The lowest BCUT2D eigenvalue weighted by atomic mass is 9.93. The predicted octanol–water partition coefficient (Wildman–Crippen LogP) is 3.18. The number of carbonyl (C=O) groups excluding carboxylic acids is 1. The third-order valence-electron chi connectivity index (χ3n) is 3.80. The van der Waals surface area contributed by atoms with Gasteiger partial charge in [0.25, 0.3) is 5.91 Å². The average molecular weight is 360 g/mol. The molecule has 6 heteroatoms. The molecule has 0 bridgehead atoms. The summed E-state index contributed by atoms with van der Waals surface area (Å²) in [6.07, 6.45) is 0. The number of benzene rings is 1. The van der Waals surface area contributed by atoms with Crippen molar-refractivity contribution in [3.63, 3.8) is 0 Å².